The summed E-state index contributed by atoms with van der Waals surface area (Å²) >= 11 is 0. The van der Waals surface area contributed by atoms with Crippen LogP contribution in [0.2, 0.25) is 0 Å². The highest BCUT2D eigenvalue weighted by atomic mass is 16.6. The van der Waals surface area contributed by atoms with Gasteiger partial charge in [-0.2, -0.15) is 0 Å². The lowest BCUT2D eigenvalue weighted by atomic mass is 10.0. The summed E-state index contributed by atoms with van der Waals surface area (Å²) in [5, 5.41) is 0. The fourth-order valence-corrected chi connectivity index (χ4v) is 7.16. The number of carbonyl (C=O) groups excluding carboxylic acids is 3. The second-order valence-corrected chi connectivity index (χ2v) is 16.9. The Labute approximate surface area is 336 Å². The summed E-state index contributed by atoms with van der Waals surface area (Å²) in [6.45, 7) is 8.98. The Kier molecular flexibility index (Phi) is 41.3. The van der Waals surface area contributed by atoms with Gasteiger partial charge in [0.05, 0.1) is 0 Å². The normalized spacial score (nSPS) is 11.9. The van der Waals surface area contributed by atoms with Crippen LogP contribution in [0.25, 0.3) is 0 Å². The minimum Gasteiger partial charge on any atom is -0.462 e. The number of ether oxygens (including phenoxy) is 3. The molecule has 0 N–H and O–H groups in total. The molecule has 0 unspecified atom stereocenters. The number of rotatable bonds is 43. The van der Waals surface area contributed by atoms with E-state index >= 15 is 0 Å². The number of hydrogen-bond donors (Lipinski definition) is 0. The van der Waals surface area contributed by atoms with E-state index in [1.54, 1.807) is 0 Å². The molecule has 0 aromatic rings. The molecule has 320 valence electrons. The first kappa shape index (κ1) is 52.4. The lowest BCUT2D eigenvalue weighted by molar-refractivity contribution is -0.167. The molecule has 6 nitrogen and oxygen atoms in total. The lowest BCUT2D eigenvalue weighted by Crippen LogP contribution is -2.30. The summed E-state index contributed by atoms with van der Waals surface area (Å²) < 4.78 is 16.7. The standard InChI is InChI=1S/C48H92O6/c1-5-7-9-11-13-15-16-17-18-19-25-29-33-37-41-48(51)54-45(42-52-46(49)39-35-31-27-22-14-12-10-8-6-2)43-53-47(50)40-36-32-28-24-21-20-23-26-30-34-38-44(3)4/h44-45H,5-43H2,1-4H3/t45-/m0/s1. The van der Waals surface area contributed by atoms with E-state index in [2.05, 4.69) is 27.7 Å². The third-order valence-corrected chi connectivity index (χ3v) is 10.8. The van der Waals surface area contributed by atoms with E-state index in [9.17, 15) is 14.4 Å². The fourth-order valence-electron chi connectivity index (χ4n) is 7.16. The van der Waals surface area contributed by atoms with E-state index < -0.39 is 6.10 Å². The maximum Gasteiger partial charge on any atom is 0.306 e. The maximum atomic E-state index is 12.7. The van der Waals surface area contributed by atoms with Gasteiger partial charge in [0.15, 0.2) is 6.10 Å². The molecule has 0 aromatic carbocycles. The van der Waals surface area contributed by atoms with Gasteiger partial charge in [-0.1, -0.05) is 227 Å². The summed E-state index contributed by atoms with van der Waals surface area (Å²) in [5.41, 5.74) is 0. The van der Waals surface area contributed by atoms with Crippen molar-refractivity contribution < 1.29 is 28.6 Å². The van der Waals surface area contributed by atoms with E-state index in [1.165, 1.54) is 161 Å². The average Bonchev–Trinajstić information content (AvgIpc) is 3.15. The number of carbonyl (C=O) groups is 3. The van der Waals surface area contributed by atoms with E-state index in [0.29, 0.717) is 19.3 Å². The Morgan fingerprint density at radius 3 is 0.907 bits per heavy atom. The highest BCUT2D eigenvalue weighted by molar-refractivity contribution is 5.71. The lowest BCUT2D eigenvalue weighted by Gasteiger charge is -2.18. The number of hydrogen-bond acceptors (Lipinski definition) is 6. The minimum atomic E-state index is -0.759. The van der Waals surface area contributed by atoms with Gasteiger partial charge in [-0.3, -0.25) is 14.4 Å². The van der Waals surface area contributed by atoms with Gasteiger partial charge in [0.2, 0.25) is 0 Å². The second-order valence-electron chi connectivity index (χ2n) is 16.9. The Bertz CT molecular complexity index is 811. The van der Waals surface area contributed by atoms with Crippen molar-refractivity contribution in [1.82, 2.24) is 0 Å². The molecule has 0 spiro atoms. The molecule has 6 heteroatoms. The second kappa shape index (κ2) is 42.6. The van der Waals surface area contributed by atoms with Gasteiger partial charge in [-0.05, 0) is 25.2 Å². The summed E-state index contributed by atoms with van der Waals surface area (Å²) in [4.78, 5) is 37.7. The van der Waals surface area contributed by atoms with Crippen molar-refractivity contribution in [2.24, 2.45) is 5.92 Å². The monoisotopic (exact) mass is 765 g/mol. The summed E-state index contributed by atoms with van der Waals surface area (Å²) in [7, 11) is 0. The minimum absolute atomic E-state index is 0.0637. The molecule has 0 saturated carbocycles. The molecule has 0 aliphatic heterocycles. The molecular weight excluding hydrogens is 673 g/mol. The molecule has 0 heterocycles. The van der Waals surface area contributed by atoms with Crippen LogP contribution >= 0.6 is 0 Å². The summed E-state index contributed by atoms with van der Waals surface area (Å²) in [5.74, 6) is -0.0343. The highest BCUT2D eigenvalue weighted by Gasteiger charge is 2.19. The third kappa shape index (κ3) is 41.6. The van der Waals surface area contributed by atoms with Gasteiger partial charge in [-0.15, -0.1) is 0 Å². The zero-order chi connectivity index (χ0) is 39.6. The molecule has 0 aliphatic carbocycles. The molecular formula is C48H92O6. The van der Waals surface area contributed by atoms with Gasteiger partial charge in [0, 0.05) is 19.3 Å². The number of esters is 3. The zero-order valence-corrected chi connectivity index (χ0v) is 36.7. The first-order valence-electron chi connectivity index (χ1n) is 23.9. The first-order valence-corrected chi connectivity index (χ1v) is 23.9. The van der Waals surface area contributed by atoms with Crippen molar-refractivity contribution in [1.29, 1.82) is 0 Å². The van der Waals surface area contributed by atoms with Crippen LogP contribution in [0.15, 0.2) is 0 Å². The summed E-state index contributed by atoms with van der Waals surface area (Å²) in [6.07, 6.45) is 42.3. The SMILES string of the molecule is CCCCCCCCCCCCCCCCC(=O)O[C@@H](COC(=O)CCCCCCCCCCC)COC(=O)CCCCCCCCCCCCC(C)C. The quantitative estimate of drug-likeness (QED) is 0.0349. The van der Waals surface area contributed by atoms with Crippen molar-refractivity contribution in [3.8, 4) is 0 Å². The van der Waals surface area contributed by atoms with Gasteiger partial charge >= 0.3 is 17.9 Å². The van der Waals surface area contributed by atoms with Gasteiger partial charge in [-0.25, -0.2) is 0 Å². The molecule has 0 bridgehead atoms. The number of unbranched alkanes of at least 4 members (excludes halogenated alkanes) is 30. The third-order valence-electron chi connectivity index (χ3n) is 10.8. The topological polar surface area (TPSA) is 78.9 Å². The van der Waals surface area contributed by atoms with Crippen molar-refractivity contribution in [3.05, 3.63) is 0 Å². The Morgan fingerprint density at radius 2 is 0.611 bits per heavy atom. The zero-order valence-electron chi connectivity index (χ0n) is 36.7. The van der Waals surface area contributed by atoms with E-state index in [-0.39, 0.29) is 31.1 Å². The van der Waals surface area contributed by atoms with Crippen molar-refractivity contribution in [3.63, 3.8) is 0 Å². The largest absolute Gasteiger partial charge is 0.462 e. The molecule has 1 atom stereocenters. The highest BCUT2D eigenvalue weighted by Crippen LogP contribution is 2.16. The molecule has 0 saturated heterocycles. The van der Waals surface area contributed by atoms with Crippen LogP contribution in [0.4, 0.5) is 0 Å². The van der Waals surface area contributed by atoms with Crippen LogP contribution in [0.3, 0.4) is 0 Å². The first-order chi connectivity index (χ1) is 26.4. The van der Waals surface area contributed by atoms with Crippen LogP contribution in [0.1, 0.15) is 265 Å². The Balaban J connectivity index is 4.30. The molecule has 0 fully saturated rings. The Hall–Kier alpha value is -1.59. The van der Waals surface area contributed by atoms with Crippen molar-refractivity contribution >= 4 is 17.9 Å². The maximum absolute atomic E-state index is 12.7. The van der Waals surface area contributed by atoms with Crippen LogP contribution < -0.4 is 0 Å². The smallest absolute Gasteiger partial charge is 0.306 e. The van der Waals surface area contributed by atoms with E-state index in [1.807, 2.05) is 0 Å². The molecule has 0 amide bonds. The molecule has 0 aliphatic rings. The molecule has 0 aromatic heterocycles. The van der Waals surface area contributed by atoms with Gasteiger partial charge in [0.25, 0.3) is 0 Å². The molecule has 54 heavy (non-hydrogen) atoms. The van der Waals surface area contributed by atoms with Crippen molar-refractivity contribution in [2.75, 3.05) is 13.2 Å². The van der Waals surface area contributed by atoms with Crippen LogP contribution in [-0.4, -0.2) is 37.2 Å². The molecule has 0 radical (unpaired) electrons. The average molecular weight is 765 g/mol. The fraction of sp³-hybridized carbons (Fsp3) is 0.938. The van der Waals surface area contributed by atoms with Crippen LogP contribution in [0.5, 0.6) is 0 Å². The summed E-state index contributed by atoms with van der Waals surface area (Å²) in [6, 6.07) is 0. The Morgan fingerprint density at radius 1 is 0.352 bits per heavy atom. The van der Waals surface area contributed by atoms with Gasteiger partial charge in [0.1, 0.15) is 13.2 Å². The van der Waals surface area contributed by atoms with E-state index in [0.717, 1.165) is 63.7 Å². The predicted molar refractivity (Wildman–Crippen MR) is 229 cm³/mol. The molecule has 0 rings (SSSR count). The predicted octanol–water partition coefficient (Wildman–Crippen LogP) is 15.1. The van der Waals surface area contributed by atoms with E-state index in [4.69, 9.17) is 14.2 Å². The van der Waals surface area contributed by atoms with Crippen LogP contribution in [0, 0.1) is 5.92 Å². The van der Waals surface area contributed by atoms with Crippen LogP contribution in [-0.2, 0) is 28.6 Å². The van der Waals surface area contributed by atoms with Gasteiger partial charge < -0.3 is 14.2 Å². The van der Waals surface area contributed by atoms with Crippen molar-refractivity contribution in [2.45, 2.75) is 271 Å².